The Hall–Kier alpha value is -3.44. The Labute approximate surface area is 173 Å². The van der Waals surface area contributed by atoms with E-state index in [1.165, 1.54) is 16.9 Å². The van der Waals surface area contributed by atoms with Crippen LogP contribution in [0.2, 0.25) is 0 Å². The van der Waals surface area contributed by atoms with Gasteiger partial charge in [-0.1, -0.05) is 48.0 Å². The second-order valence-electron chi connectivity index (χ2n) is 6.66. The Bertz CT molecular complexity index is 1110. The van der Waals surface area contributed by atoms with Gasteiger partial charge in [-0.25, -0.2) is 4.98 Å². The molecule has 29 heavy (non-hydrogen) atoms. The molecule has 0 spiro atoms. The summed E-state index contributed by atoms with van der Waals surface area (Å²) < 4.78 is 5.87. The van der Waals surface area contributed by atoms with Gasteiger partial charge < -0.3 is 10.1 Å². The highest BCUT2D eigenvalue weighted by atomic mass is 32.1. The number of hydrogen-bond acceptors (Lipinski definition) is 4. The molecule has 0 saturated heterocycles. The number of anilines is 1. The van der Waals surface area contributed by atoms with Gasteiger partial charge in [0.25, 0.3) is 5.91 Å². The SMILES string of the molecule is Cc1cccc(COc2ccc(-c3nc(C(=O)Nc4ccccc4)cs3)cc2)c1. The van der Waals surface area contributed by atoms with Gasteiger partial charge in [0.05, 0.1) is 0 Å². The van der Waals surface area contributed by atoms with Crippen LogP contribution in [0.3, 0.4) is 0 Å². The molecular formula is C24H20N2O2S. The fourth-order valence-corrected chi connectivity index (χ4v) is 3.70. The first kappa shape index (κ1) is 18.9. The molecule has 0 saturated carbocycles. The molecule has 1 amide bonds. The molecule has 5 heteroatoms. The Morgan fingerprint density at radius 2 is 1.79 bits per heavy atom. The summed E-state index contributed by atoms with van der Waals surface area (Å²) in [5, 5.41) is 5.43. The van der Waals surface area contributed by atoms with Crippen LogP contribution in [-0.2, 0) is 6.61 Å². The molecule has 1 aromatic heterocycles. The molecule has 3 aromatic carbocycles. The van der Waals surface area contributed by atoms with Crippen molar-refractivity contribution in [3.05, 3.63) is 101 Å². The average molecular weight is 401 g/mol. The number of aromatic nitrogens is 1. The Morgan fingerprint density at radius 1 is 1.00 bits per heavy atom. The normalized spacial score (nSPS) is 10.5. The smallest absolute Gasteiger partial charge is 0.275 e. The zero-order valence-electron chi connectivity index (χ0n) is 16.0. The minimum absolute atomic E-state index is 0.211. The van der Waals surface area contributed by atoms with Crippen LogP contribution in [0.25, 0.3) is 10.6 Å². The maximum Gasteiger partial charge on any atom is 0.275 e. The van der Waals surface area contributed by atoms with E-state index in [-0.39, 0.29) is 5.91 Å². The molecule has 0 radical (unpaired) electrons. The van der Waals surface area contributed by atoms with E-state index >= 15 is 0 Å². The largest absolute Gasteiger partial charge is 0.489 e. The standard InChI is InChI=1S/C24H20N2O2S/c1-17-6-5-7-18(14-17)15-28-21-12-10-19(11-13-21)24-26-22(16-29-24)23(27)25-20-8-3-2-4-9-20/h2-14,16H,15H2,1H3,(H,25,27). The van der Waals surface area contributed by atoms with Crippen LogP contribution >= 0.6 is 11.3 Å². The summed E-state index contributed by atoms with van der Waals surface area (Å²) in [4.78, 5) is 16.8. The van der Waals surface area contributed by atoms with Crippen molar-refractivity contribution in [2.45, 2.75) is 13.5 Å². The van der Waals surface area contributed by atoms with Crippen LogP contribution in [0.4, 0.5) is 5.69 Å². The number of benzene rings is 3. The number of para-hydroxylation sites is 1. The highest BCUT2D eigenvalue weighted by Gasteiger charge is 2.12. The Balaban J connectivity index is 1.39. The minimum atomic E-state index is -0.211. The molecule has 0 fully saturated rings. The zero-order chi connectivity index (χ0) is 20.1. The van der Waals surface area contributed by atoms with Crippen molar-refractivity contribution in [3.8, 4) is 16.3 Å². The van der Waals surface area contributed by atoms with Crippen LogP contribution in [0.5, 0.6) is 5.75 Å². The van der Waals surface area contributed by atoms with Crippen LogP contribution in [0, 0.1) is 6.92 Å². The lowest BCUT2D eigenvalue weighted by atomic mass is 10.1. The van der Waals surface area contributed by atoms with E-state index in [4.69, 9.17) is 4.74 Å². The number of aryl methyl sites for hydroxylation is 1. The summed E-state index contributed by atoms with van der Waals surface area (Å²) in [6, 6.07) is 25.4. The Morgan fingerprint density at radius 3 is 2.55 bits per heavy atom. The first-order valence-corrected chi connectivity index (χ1v) is 10.2. The molecule has 0 aliphatic heterocycles. The summed E-state index contributed by atoms with van der Waals surface area (Å²) in [5.74, 6) is 0.589. The van der Waals surface area contributed by atoms with Gasteiger partial charge in [0.1, 0.15) is 23.1 Å². The molecule has 4 nitrogen and oxygen atoms in total. The van der Waals surface area contributed by atoms with Crippen molar-refractivity contribution in [1.82, 2.24) is 4.98 Å². The second-order valence-corrected chi connectivity index (χ2v) is 7.52. The lowest BCUT2D eigenvalue weighted by molar-refractivity contribution is 0.102. The third-order valence-electron chi connectivity index (χ3n) is 4.36. The van der Waals surface area contributed by atoms with Gasteiger partial charge in [-0.15, -0.1) is 11.3 Å². The highest BCUT2D eigenvalue weighted by Crippen LogP contribution is 2.26. The number of carbonyl (C=O) groups is 1. The van der Waals surface area contributed by atoms with E-state index in [1.54, 1.807) is 5.38 Å². The van der Waals surface area contributed by atoms with Crippen molar-refractivity contribution in [2.24, 2.45) is 0 Å². The average Bonchev–Trinajstić information content (AvgIpc) is 3.24. The van der Waals surface area contributed by atoms with Gasteiger partial charge in [0.15, 0.2) is 0 Å². The van der Waals surface area contributed by atoms with Crippen LogP contribution in [-0.4, -0.2) is 10.9 Å². The number of nitrogens with zero attached hydrogens (tertiary/aromatic N) is 1. The maximum atomic E-state index is 12.4. The van der Waals surface area contributed by atoms with Crippen molar-refractivity contribution in [3.63, 3.8) is 0 Å². The topological polar surface area (TPSA) is 51.2 Å². The van der Waals surface area contributed by atoms with Crippen molar-refractivity contribution < 1.29 is 9.53 Å². The maximum absolute atomic E-state index is 12.4. The number of carbonyl (C=O) groups excluding carboxylic acids is 1. The van der Waals surface area contributed by atoms with Gasteiger partial charge in [0.2, 0.25) is 0 Å². The van der Waals surface area contributed by atoms with E-state index in [9.17, 15) is 4.79 Å². The molecule has 4 aromatic rings. The molecule has 1 N–H and O–H groups in total. The summed E-state index contributed by atoms with van der Waals surface area (Å²) in [7, 11) is 0. The molecule has 144 valence electrons. The third kappa shape index (κ3) is 4.89. The first-order chi connectivity index (χ1) is 14.2. The number of ether oxygens (including phenoxy) is 1. The van der Waals surface area contributed by atoms with E-state index in [2.05, 4.69) is 35.4 Å². The third-order valence-corrected chi connectivity index (χ3v) is 5.25. The van der Waals surface area contributed by atoms with Gasteiger partial charge in [0, 0.05) is 16.6 Å². The molecule has 0 unspecified atom stereocenters. The molecular weight excluding hydrogens is 380 g/mol. The van der Waals surface area contributed by atoms with Gasteiger partial charge >= 0.3 is 0 Å². The summed E-state index contributed by atoms with van der Waals surface area (Å²) in [5.41, 5.74) is 4.48. The summed E-state index contributed by atoms with van der Waals surface area (Å²) in [6.45, 7) is 2.60. The van der Waals surface area contributed by atoms with E-state index in [0.29, 0.717) is 12.3 Å². The van der Waals surface area contributed by atoms with E-state index in [0.717, 1.165) is 27.6 Å². The molecule has 0 aliphatic rings. The quantitative estimate of drug-likeness (QED) is 0.435. The predicted octanol–water partition coefficient (Wildman–Crippen LogP) is 5.95. The number of thiazole rings is 1. The number of hydrogen-bond donors (Lipinski definition) is 1. The second kappa shape index (κ2) is 8.71. The van der Waals surface area contributed by atoms with Crippen LogP contribution in [0.1, 0.15) is 21.6 Å². The number of nitrogens with one attached hydrogen (secondary N) is 1. The highest BCUT2D eigenvalue weighted by molar-refractivity contribution is 7.13. The van der Waals surface area contributed by atoms with Gasteiger partial charge in [-0.2, -0.15) is 0 Å². The molecule has 0 atom stereocenters. The first-order valence-electron chi connectivity index (χ1n) is 9.28. The summed E-state index contributed by atoms with van der Waals surface area (Å²) in [6.07, 6.45) is 0. The number of rotatable bonds is 6. The Kier molecular flexibility index (Phi) is 5.68. The molecule has 0 bridgehead atoms. The van der Waals surface area contributed by atoms with Gasteiger partial charge in [-0.3, -0.25) is 4.79 Å². The molecule has 4 rings (SSSR count). The monoisotopic (exact) mass is 400 g/mol. The predicted molar refractivity (Wildman–Crippen MR) is 117 cm³/mol. The fraction of sp³-hybridized carbons (Fsp3) is 0.0833. The molecule has 0 aliphatic carbocycles. The van der Waals surface area contributed by atoms with Crippen LogP contribution in [0.15, 0.2) is 84.2 Å². The lowest BCUT2D eigenvalue weighted by Crippen LogP contribution is -2.12. The van der Waals surface area contributed by atoms with E-state index < -0.39 is 0 Å². The summed E-state index contributed by atoms with van der Waals surface area (Å²) >= 11 is 1.45. The number of amides is 1. The van der Waals surface area contributed by atoms with Crippen molar-refractivity contribution in [1.29, 1.82) is 0 Å². The fourth-order valence-electron chi connectivity index (χ4n) is 2.89. The minimum Gasteiger partial charge on any atom is -0.489 e. The van der Waals surface area contributed by atoms with Crippen LogP contribution < -0.4 is 10.1 Å². The van der Waals surface area contributed by atoms with Gasteiger partial charge in [-0.05, 0) is 48.9 Å². The molecule has 1 heterocycles. The lowest BCUT2D eigenvalue weighted by Gasteiger charge is -2.07. The van der Waals surface area contributed by atoms with Crippen molar-refractivity contribution >= 4 is 22.9 Å². The zero-order valence-corrected chi connectivity index (χ0v) is 16.8. The van der Waals surface area contributed by atoms with E-state index in [1.807, 2.05) is 60.7 Å². The van der Waals surface area contributed by atoms with Crippen molar-refractivity contribution in [2.75, 3.05) is 5.32 Å².